The normalized spacial score (nSPS) is 14.5. The molecule has 0 aliphatic carbocycles. The maximum absolute atomic E-state index is 11.1. The fourth-order valence-electron chi connectivity index (χ4n) is 1.16. The fourth-order valence-corrected chi connectivity index (χ4v) is 2.05. The van der Waals surface area contributed by atoms with Crippen LogP contribution >= 0.6 is 0 Å². The van der Waals surface area contributed by atoms with Crippen LogP contribution in [0.2, 0.25) is 0 Å². The molecule has 0 spiro atoms. The zero-order chi connectivity index (χ0) is 11.9. The molecule has 1 unspecified atom stereocenters. The molecule has 0 radical (unpaired) electrons. The number of nitrogens with one attached hydrogen (secondary N) is 1. The maximum Gasteiger partial charge on any atom is 0.150 e. The zero-order valence-corrected chi connectivity index (χ0v) is 10.7. The predicted octanol–water partition coefficient (Wildman–Crippen LogP) is 0.560. The van der Waals surface area contributed by atoms with Crippen molar-refractivity contribution in [1.29, 1.82) is 0 Å². The van der Waals surface area contributed by atoms with Crippen LogP contribution in [0.15, 0.2) is 0 Å². The Bertz CT molecular complexity index is 249. The lowest BCUT2D eigenvalue weighted by Crippen LogP contribution is -2.32. The van der Waals surface area contributed by atoms with Crippen molar-refractivity contribution in [2.24, 2.45) is 0 Å². The highest BCUT2D eigenvalue weighted by Crippen LogP contribution is 2.01. The van der Waals surface area contributed by atoms with E-state index in [1.807, 2.05) is 13.8 Å². The summed E-state index contributed by atoms with van der Waals surface area (Å²) in [5.74, 6) is 0.371. The molecule has 0 aliphatic rings. The lowest BCUT2D eigenvalue weighted by atomic mass is 10.2. The van der Waals surface area contributed by atoms with Crippen LogP contribution in [0.1, 0.15) is 33.6 Å². The predicted molar refractivity (Wildman–Crippen MR) is 62.7 cm³/mol. The summed E-state index contributed by atoms with van der Waals surface area (Å²) in [6.07, 6.45) is 0.634. The highest BCUT2D eigenvalue weighted by molar-refractivity contribution is 7.91. The first-order valence-corrected chi connectivity index (χ1v) is 7.31. The molecule has 0 saturated heterocycles. The molecular formula is C10H23NO3S. The molecule has 0 fully saturated rings. The Morgan fingerprint density at radius 2 is 1.93 bits per heavy atom. The Kier molecular flexibility index (Phi) is 7.13. The zero-order valence-electron chi connectivity index (χ0n) is 9.86. The minimum atomic E-state index is -2.88. The summed E-state index contributed by atoms with van der Waals surface area (Å²) in [6, 6.07) is 0.346. The highest BCUT2D eigenvalue weighted by atomic mass is 32.2. The Morgan fingerprint density at radius 3 is 2.40 bits per heavy atom. The molecule has 0 bridgehead atoms. The molecule has 5 heteroatoms. The minimum absolute atomic E-state index is 0.183. The molecule has 0 rings (SSSR count). The van der Waals surface area contributed by atoms with Crippen molar-refractivity contribution in [3.05, 3.63) is 0 Å². The number of hydrogen-bond donors (Lipinski definition) is 2. The quantitative estimate of drug-likeness (QED) is 0.647. The van der Waals surface area contributed by atoms with Gasteiger partial charge in [-0.3, -0.25) is 0 Å². The smallest absolute Gasteiger partial charge is 0.150 e. The molecule has 15 heavy (non-hydrogen) atoms. The van der Waals surface area contributed by atoms with Crippen molar-refractivity contribution in [2.75, 3.05) is 18.1 Å². The highest BCUT2D eigenvalue weighted by Gasteiger charge is 2.09. The van der Waals surface area contributed by atoms with Gasteiger partial charge in [0.25, 0.3) is 0 Å². The van der Waals surface area contributed by atoms with Gasteiger partial charge in [0.05, 0.1) is 11.9 Å². The second kappa shape index (κ2) is 7.19. The van der Waals surface area contributed by atoms with Gasteiger partial charge in [-0.1, -0.05) is 20.8 Å². The standard InChI is InChI=1S/C10H23NO3S/c1-4-15(13,14)7-5-6-10(12)8-11-9(2)3/h9-12H,4-8H2,1-3H3. The summed E-state index contributed by atoms with van der Waals surface area (Å²) in [5, 5.41) is 12.6. The van der Waals surface area contributed by atoms with E-state index in [1.54, 1.807) is 6.92 Å². The third-order valence-electron chi connectivity index (χ3n) is 2.19. The number of aliphatic hydroxyl groups is 1. The van der Waals surface area contributed by atoms with Crippen LogP contribution in [0.25, 0.3) is 0 Å². The van der Waals surface area contributed by atoms with Gasteiger partial charge in [-0.2, -0.15) is 0 Å². The van der Waals surface area contributed by atoms with Crippen molar-refractivity contribution in [2.45, 2.75) is 45.8 Å². The van der Waals surface area contributed by atoms with Crippen LogP contribution in [0.3, 0.4) is 0 Å². The maximum atomic E-state index is 11.1. The van der Waals surface area contributed by atoms with Gasteiger partial charge in [0.1, 0.15) is 9.84 Å². The molecule has 0 heterocycles. The molecule has 2 N–H and O–H groups in total. The van der Waals surface area contributed by atoms with Crippen molar-refractivity contribution in [1.82, 2.24) is 5.32 Å². The number of rotatable bonds is 8. The molecule has 0 saturated carbocycles. The van der Waals surface area contributed by atoms with Gasteiger partial charge in [-0.15, -0.1) is 0 Å². The topological polar surface area (TPSA) is 66.4 Å². The van der Waals surface area contributed by atoms with Gasteiger partial charge in [0, 0.05) is 18.3 Å². The molecule has 4 nitrogen and oxygen atoms in total. The average molecular weight is 237 g/mol. The molecule has 0 aromatic rings. The van der Waals surface area contributed by atoms with Crippen LogP contribution in [0, 0.1) is 0 Å². The van der Waals surface area contributed by atoms with Gasteiger partial charge in [-0.25, -0.2) is 8.42 Å². The first-order valence-electron chi connectivity index (χ1n) is 5.49. The third-order valence-corrected chi connectivity index (χ3v) is 3.98. The summed E-state index contributed by atoms with van der Waals surface area (Å²) < 4.78 is 22.3. The summed E-state index contributed by atoms with van der Waals surface area (Å²) in [4.78, 5) is 0. The van der Waals surface area contributed by atoms with Crippen LogP contribution in [0.5, 0.6) is 0 Å². The number of sulfone groups is 1. The first-order chi connectivity index (χ1) is 6.87. The first kappa shape index (κ1) is 14.9. The minimum Gasteiger partial charge on any atom is -0.392 e. The van der Waals surface area contributed by atoms with E-state index in [-0.39, 0.29) is 11.5 Å². The third kappa shape index (κ3) is 8.84. The molecule has 0 amide bonds. The molecule has 0 aliphatic heterocycles. The monoisotopic (exact) mass is 237 g/mol. The number of aliphatic hydroxyl groups excluding tert-OH is 1. The summed E-state index contributed by atoms with van der Waals surface area (Å²) >= 11 is 0. The Hall–Kier alpha value is -0.130. The van der Waals surface area contributed by atoms with Crippen molar-refractivity contribution < 1.29 is 13.5 Å². The van der Waals surface area contributed by atoms with E-state index >= 15 is 0 Å². The summed E-state index contributed by atoms with van der Waals surface area (Å²) in [7, 11) is -2.88. The van der Waals surface area contributed by atoms with E-state index in [2.05, 4.69) is 5.32 Å². The van der Waals surface area contributed by atoms with E-state index < -0.39 is 15.9 Å². The van der Waals surface area contributed by atoms with Crippen LogP contribution in [-0.2, 0) is 9.84 Å². The molecule has 0 aromatic carbocycles. The molecule has 1 atom stereocenters. The molecule has 0 aromatic heterocycles. The summed E-state index contributed by atoms with van der Waals surface area (Å²) in [5.41, 5.74) is 0. The Balaban J connectivity index is 3.59. The van der Waals surface area contributed by atoms with E-state index in [0.717, 1.165) is 0 Å². The van der Waals surface area contributed by atoms with Gasteiger partial charge in [0.2, 0.25) is 0 Å². The van der Waals surface area contributed by atoms with E-state index in [4.69, 9.17) is 0 Å². The van der Waals surface area contributed by atoms with E-state index in [1.165, 1.54) is 0 Å². The van der Waals surface area contributed by atoms with E-state index in [0.29, 0.717) is 25.4 Å². The summed E-state index contributed by atoms with van der Waals surface area (Å²) in [6.45, 7) is 6.19. The fraction of sp³-hybridized carbons (Fsp3) is 1.00. The van der Waals surface area contributed by atoms with Gasteiger partial charge >= 0.3 is 0 Å². The number of hydrogen-bond acceptors (Lipinski definition) is 4. The SMILES string of the molecule is CCS(=O)(=O)CCCC(O)CNC(C)C. The second-order valence-corrected chi connectivity index (χ2v) is 6.57. The Labute approximate surface area is 93.0 Å². The lowest BCUT2D eigenvalue weighted by Gasteiger charge is -2.13. The van der Waals surface area contributed by atoms with Crippen molar-refractivity contribution in [3.63, 3.8) is 0 Å². The van der Waals surface area contributed by atoms with Gasteiger partial charge in [-0.05, 0) is 12.8 Å². The van der Waals surface area contributed by atoms with Crippen LogP contribution in [0.4, 0.5) is 0 Å². The van der Waals surface area contributed by atoms with E-state index in [9.17, 15) is 13.5 Å². The Morgan fingerprint density at radius 1 is 1.33 bits per heavy atom. The largest absolute Gasteiger partial charge is 0.392 e. The van der Waals surface area contributed by atoms with Gasteiger partial charge in [0.15, 0.2) is 0 Å². The van der Waals surface area contributed by atoms with Crippen LogP contribution < -0.4 is 5.32 Å². The average Bonchev–Trinajstić information content (AvgIpc) is 2.14. The van der Waals surface area contributed by atoms with Crippen molar-refractivity contribution >= 4 is 9.84 Å². The van der Waals surface area contributed by atoms with Crippen molar-refractivity contribution in [3.8, 4) is 0 Å². The lowest BCUT2D eigenvalue weighted by molar-refractivity contribution is 0.158. The molecule has 92 valence electrons. The molecular weight excluding hydrogens is 214 g/mol. The van der Waals surface area contributed by atoms with Crippen LogP contribution in [-0.4, -0.2) is 43.7 Å². The van der Waals surface area contributed by atoms with Gasteiger partial charge < -0.3 is 10.4 Å². The second-order valence-electron chi connectivity index (χ2n) is 4.10.